The molecule has 2 heterocycles. The minimum Gasteiger partial charge on any atom is -0.346 e. The number of piperazine rings is 1. The summed E-state index contributed by atoms with van der Waals surface area (Å²) in [6.07, 6.45) is 1.71. The average Bonchev–Trinajstić information content (AvgIpc) is 2.86. The molecule has 1 fully saturated rings. The first-order valence-corrected chi connectivity index (χ1v) is 8.82. The highest BCUT2D eigenvalue weighted by Gasteiger charge is 2.32. The second-order valence-corrected chi connectivity index (χ2v) is 8.00. The van der Waals surface area contributed by atoms with Crippen LogP contribution in [0.2, 0.25) is 0 Å². The molecule has 7 heteroatoms. The van der Waals surface area contributed by atoms with Gasteiger partial charge in [0.05, 0.1) is 0 Å². The lowest BCUT2D eigenvalue weighted by Crippen LogP contribution is -2.51. The molecule has 0 aliphatic carbocycles. The molecule has 6 nitrogen and oxygen atoms in total. The molecule has 1 atom stereocenters. The van der Waals surface area contributed by atoms with Crippen LogP contribution in [-0.2, 0) is 16.6 Å². The van der Waals surface area contributed by atoms with Crippen LogP contribution in [0.15, 0.2) is 17.2 Å². The van der Waals surface area contributed by atoms with Gasteiger partial charge in [-0.2, -0.15) is 4.31 Å². The third-order valence-electron chi connectivity index (χ3n) is 4.23. The van der Waals surface area contributed by atoms with Crippen molar-refractivity contribution < 1.29 is 8.42 Å². The van der Waals surface area contributed by atoms with Gasteiger partial charge in [-0.1, -0.05) is 0 Å². The Labute approximate surface area is 127 Å². The van der Waals surface area contributed by atoms with E-state index in [1.165, 1.54) is 0 Å². The molecule has 1 aliphatic rings. The molecular formula is C14H26N4O2S. The van der Waals surface area contributed by atoms with Crippen LogP contribution in [0.4, 0.5) is 0 Å². The van der Waals surface area contributed by atoms with Gasteiger partial charge in [-0.3, -0.25) is 0 Å². The number of sulfonamides is 1. The van der Waals surface area contributed by atoms with E-state index in [1.807, 2.05) is 32.4 Å². The highest BCUT2D eigenvalue weighted by Crippen LogP contribution is 2.23. The molecule has 1 saturated heterocycles. The van der Waals surface area contributed by atoms with Gasteiger partial charge >= 0.3 is 0 Å². The van der Waals surface area contributed by atoms with Gasteiger partial charge in [0.1, 0.15) is 4.90 Å². The Kier molecular flexibility index (Phi) is 4.77. The molecule has 0 radical (unpaired) electrons. The zero-order valence-corrected chi connectivity index (χ0v) is 14.1. The average molecular weight is 314 g/mol. The Morgan fingerprint density at radius 3 is 2.52 bits per heavy atom. The monoisotopic (exact) mass is 314 g/mol. The first kappa shape index (κ1) is 16.5. The first-order chi connectivity index (χ1) is 9.77. The third kappa shape index (κ3) is 3.15. The second-order valence-electron chi connectivity index (χ2n) is 6.06. The highest BCUT2D eigenvalue weighted by atomic mass is 32.2. The van der Waals surface area contributed by atoms with Crippen LogP contribution in [0.1, 0.15) is 32.5 Å². The summed E-state index contributed by atoms with van der Waals surface area (Å²) < 4.78 is 29.1. The van der Waals surface area contributed by atoms with Crippen LogP contribution < -0.4 is 5.73 Å². The second kappa shape index (κ2) is 6.08. The van der Waals surface area contributed by atoms with Crippen molar-refractivity contribution in [3.05, 3.63) is 18.0 Å². The quantitative estimate of drug-likeness (QED) is 0.894. The van der Waals surface area contributed by atoms with Crippen LogP contribution in [0.5, 0.6) is 0 Å². The van der Waals surface area contributed by atoms with Gasteiger partial charge in [0, 0.05) is 50.2 Å². The number of nitrogens with two attached hydrogens (primary N) is 1. The molecule has 1 unspecified atom stereocenters. The fraction of sp³-hybridized carbons (Fsp3) is 0.714. The number of nitrogens with zero attached hydrogens (tertiary/aromatic N) is 3. The summed E-state index contributed by atoms with van der Waals surface area (Å²) in [5.41, 5.74) is 6.58. The van der Waals surface area contributed by atoms with E-state index < -0.39 is 10.0 Å². The van der Waals surface area contributed by atoms with Crippen LogP contribution in [0.3, 0.4) is 0 Å². The molecule has 0 amide bonds. The van der Waals surface area contributed by atoms with Crippen molar-refractivity contribution >= 4 is 10.0 Å². The number of hydrogen-bond donors (Lipinski definition) is 1. The SMILES string of the molecule is CC1CN(S(=O)(=O)c2cc(CN)n(C(C)C)c2)CCN1C. The minimum atomic E-state index is -3.43. The van der Waals surface area contributed by atoms with Crippen molar-refractivity contribution in [1.82, 2.24) is 13.8 Å². The summed E-state index contributed by atoms with van der Waals surface area (Å²) in [4.78, 5) is 2.53. The molecule has 0 bridgehead atoms. The van der Waals surface area contributed by atoms with Crippen molar-refractivity contribution in [2.45, 2.75) is 44.3 Å². The Hall–Kier alpha value is -0.890. The summed E-state index contributed by atoms with van der Waals surface area (Å²) in [6, 6.07) is 2.13. The molecular weight excluding hydrogens is 288 g/mol. The third-order valence-corrected chi connectivity index (χ3v) is 6.06. The summed E-state index contributed by atoms with van der Waals surface area (Å²) in [6.45, 7) is 8.26. The highest BCUT2D eigenvalue weighted by molar-refractivity contribution is 7.89. The fourth-order valence-electron chi connectivity index (χ4n) is 2.66. The van der Waals surface area contributed by atoms with E-state index in [0.29, 0.717) is 24.5 Å². The van der Waals surface area contributed by atoms with Gasteiger partial charge < -0.3 is 15.2 Å². The Morgan fingerprint density at radius 2 is 2.05 bits per heavy atom. The summed E-state index contributed by atoms with van der Waals surface area (Å²) in [5.74, 6) is 0. The van der Waals surface area contributed by atoms with E-state index in [4.69, 9.17) is 5.73 Å². The van der Waals surface area contributed by atoms with E-state index in [2.05, 4.69) is 4.90 Å². The summed E-state index contributed by atoms with van der Waals surface area (Å²) >= 11 is 0. The van der Waals surface area contributed by atoms with E-state index in [9.17, 15) is 8.42 Å². The molecule has 2 N–H and O–H groups in total. The maximum atomic E-state index is 12.8. The minimum absolute atomic E-state index is 0.193. The van der Waals surface area contributed by atoms with Gasteiger partial charge in [0.25, 0.3) is 0 Å². The van der Waals surface area contributed by atoms with Gasteiger partial charge in [-0.25, -0.2) is 8.42 Å². The molecule has 2 rings (SSSR count). The summed E-state index contributed by atoms with van der Waals surface area (Å²) in [7, 11) is -1.41. The molecule has 1 aliphatic heterocycles. The van der Waals surface area contributed by atoms with E-state index in [1.54, 1.807) is 16.6 Å². The maximum Gasteiger partial charge on any atom is 0.244 e. The lowest BCUT2D eigenvalue weighted by Gasteiger charge is -2.36. The molecule has 0 saturated carbocycles. The van der Waals surface area contributed by atoms with Crippen LogP contribution in [0, 0.1) is 0 Å². The molecule has 1 aromatic heterocycles. The van der Waals surface area contributed by atoms with Gasteiger partial charge in [0.2, 0.25) is 10.0 Å². The van der Waals surface area contributed by atoms with Gasteiger partial charge in [0.15, 0.2) is 0 Å². The lowest BCUT2D eigenvalue weighted by molar-refractivity contribution is 0.159. The molecule has 21 heavy (non-hydrogen) atoms. The van der Waals surface area contributed by atoms with Crippen molar-refractivity contribution in [2.24, 2.45) is 5.73 Å². The first-order valence-electron chi connectivity index (χ1n) is 7.38. The topological polar surface area (TPSA) is 71.6 Å². The predicted molar refractivity (Wildman–Crippen MR) is 83.6 cm³/mol. The van der Waals surface area contributed by atoms with E-state index in [0.717, 1.165) is 12.2 Å². The van der Waals surface area contributed by atoms with Crippen LogP contribution in [0.25, 0.3) is 0 Å². The smallest absolute Gasteiger partial charge is 0.244 e. The van der Waals surface area contributed by atoms with E-state index in [-0.39, 0.29) is 12.1 Å². The van der Waals surface area contributed by atoms with Gasteiger partial charge in [-0.05, 0) is 33.9 Å². The Bertz CT molecular complexity index is 594. The fourth-order valence-corrected chi connectivity index (χ4v) is 4.23. The van der Waals surface area contributed by atoms with Crippen molar-refractivity contribution in [2.75, 3.05) is 26.7 Å². The number of rotatable bonds is 4. The largest absolute Gasteiger partial charge is 0.346 e. The van der Waals surface area contributed by atoms with E-state index >= 15 is 0 Å². The predicted octanol–water partition coefficient (Wildman–Crippen LogP) is 0.852. The standard InChI is InChI=1S/C14H26N4O2S/c1-11(2)18-10-14(7-13(18)8-15)21(19,20)17-6-5-16(4)12(3)9-17/h7,10-12H,5-6,8-9,15H2,1-4H3. The number of likely N-dealkylation sites (N-methyl/N-ethyl adjacent to an activating group) is 1. The van der Waals surface area contributed by atoms with Crippen molar-refractivity contribution in [1.29, 1.82) is 0 Å². The molecule has 0 spiro atoms. The molecule has 120 valence electrons. The summed E-state index contributed by atoms with van der Waals surface area (Å²) in [5, 5.41) is 0. The Morgan fingerprint density at radius 1 is 1.38 bits per heavy atom. The molecule has 0 aromatic carbocycles. The van der Waals surface area contributed by atoms with Crippen molar-refractivity contribution in [3.63, 3.8) is 0 Å². The lowest BCUT2D eigenvalue weighted by atomic mass is 10.2. The normalized spacial score (nSPS) is 22.1. The number of hydrogen-bond acceptors (Lipinski definition) is 4. The van der Waals surface area contributed by atoms with Gasteiger partial charge in [-0.15, -0.1) is 0 Å². The Balaban J connectivity index is 2.32. The van der Waals surface area contributed by atoms with Crippen LogP contribution >= 0.6 is 0 Å². The number of aromatic nitrogens is 1. The zero-order valence-electron chi connectivity index (χ0n) is 13.3. The molecule has 1 aromatic rings. The zero-order chi connectivity index (χ0) is 15.8. The van der Waals surface area contributed by atoms with Crippen LogP contribution in [-0.4, -0.2) is 54.9 Å². The maximum absolute atomic E-state index is 12.8. The van der Waals surface area contributed by atoms with Crippen molar-refractivity contribution in [3.8, 4) is 0 Å².